The third-order valence-corrected chi connectivity index (χ3v) is 7.41. The Morgan fingerprint density at radius 3 is 2.75 bits per heavy atom. The molecule has 0 radical (unpaired) electrons. The van der Waals surface area contributed by atoms with Gasteiger partial charge in [-0.05, 0) is 54.2 Å². The summed E-state index contributed by atoms with van der Waals surface area (Å²) in [6.45, 7) is 0. The van der Waals surface area contributed by atoms with Crippen molar-refractivity contribution in [2.75, 3.05) is 18.6 Å². The highest BCUT2D eigenvalue weighted by Crippen LogP contribution is 2.33. The zero-order valence-corrected chi connectivity index (χ0v) is 15.9. The maximum atomic E-state index is 3.44. The van der Waals surface area contributed by atoms with Gasteiger partial charge in [-0.3, -0.25) is 0 Å². The van der Waals surface area contributed by atoms with Crippen LogP contribution in [0.5, 0.6) is 0 Å². The molecule has 1 N–H and O–H groups in total. The van der Waals surface area contributed by atoms with Crippen LogP contribution in [0.1, 0.15) is 24.8 Å². The summed E-state index contributed by atoms with van der Waals surface area (Å²) in [5.41, 5.74) is 1.38. The predicted octanol–water partition coefficient (Wildman–Crippen LogP) is 4.95. The fourth-order valence-electron chi connectivity index (χ4n) is 3.00. The minimum atomic E-state index is 0.225. The molecule has 1 atom stereocenters. The standard InChI is InChI=1S/C21H25NS2/c1-22-19(11-3-5-13-21-23-14-7-15-24-21)16-18-10-6-9-17-8-2-4-12-20(17)18/h2,4,6,8-10,12,19,21-22H,5,7,13-16H2,1H3. The number of fused-ring (bicyclic) bond motifs is 1. The lowest BCUT2D eigenvalue weighted by Gasteiger charge is -2.19. The molecule has 0 saturated carbocycles. The number of likely N-dealkylation sites (N-methyl/N-ethyl adjacent to an activating group) is 1. The Kier molecular flexibility index (Phi) is 6.96. The molecule has 3 heteroatoms. The summed E-state index contributed by atoms with van der Waals surface area (Å²) < 4.78 is 0.763. The van der Waals surface area contributed by atoms with E-state index in [2.05, 4.69) is 83.1 Å². The van der Waals surface area contributed by atoms with Crippen molar-refractivity contribution in [1.82, 2.24) is 5.32 Å². The summed E-state index contributed by atoms with van der Waals surface area (Å²) in [4.78, 5) is 0. The van der Waals surface area contributed by atoms with E-state index in [0.29, 0.717) is 0 Å². The van der Waals surface area contributed by atoms with Gasteiger partial charge in [-0.15, -0.1) is 29.4 Å². The smallest absolute Gasteiger partial charge is 0.0728 e. The van der Waals surface area contributed by atoms with Crippen LogP contribution in [-0.4, -0.2) is 29.2 Å². The van der Waals surface area contributed by atoms with Crippen LogP contribution in [0.25, 0.3) is 10.8 Å². The molecule has 0 spiro atoms. The fourth-order valence-corrected chi connectivity index (χ4v) is 5.87. The maximum Gasteiger partial charge on any atom is 0.0728 e. The van der Waals surface area contributed by atoms with Crippen molar-refractivity contribution in [2.45, 2.75) is 36.3 Å². The Labute approximate surface area is 154 Å². The molecule has 1 nitrogen and oxygen atoms in total. The number of thioether (sulfide) groups is 2. The normalized spacial score (nSPS) is 16.5. The van der Waals surface area contributed by atoms with Gasteiger partial charge in [-0.1, -0.05) is 48.4 Å². The van der Waals surface area contributed by atoms with Gasteiger partial charge in [0, 0.05) is 6.42 Å². The SMILES string of the molecule is CNC(C#CCCC1SCCCS1)Cc1cccc2ccccc12. The van der Waals surface area contributed by atoms with Crippen LogP contribution < -0.4 is 5.32 Å². The van der Waals surface area contributed by atoms with E-state index in [1.165, 1.54) is 40.7 Å². The first-order chi connectivity index (χ1) is 11.9. The molecular formula is C21H25NS2. The molecule has 1 saturated heterocycles. The molecule has 0 aromatic heterocycles. The lowest BCUT2D eigenvalue weighted by molar-refractivity contribution is 0.684. The monoisotopic (exact) mass is 355 g/mol. The number of rotatable bonds is 5. The lowest BCUT2D eigenvalue weighted by Crippen LogP contribution is -2.25. The lowest BCUT2D eigenvalue weighted by atomic mass is 9.99. The van der Waals surface area contributed by atoms with E-state index < -0.39 is 0 Å². The molecule has 3 rings (SSSR count). The largest absolute Gasteiger partial charge is 0.306 e. The van der Waals surface area contributed by atoms with E-state index in [-0.39, 0.29) is 6.04 Å². The molecule has 1 aliphatic rings. The second-order valence-electron chi connectivity index (χ2n) is 6.07. The van der Waals surface area contributed by atoms with Crippen LogP contribution in [0, 0.1) is 11.8 Å². The summed E-state index contributed by atoms with van der Waals surface area (Å²) in [6, 6.07) is 15.4. The Morgan fingerprint density at radius 1 is 1.12 bits per heavy atom. The molecule has 1 aliphatic heterocycles. The summed E-state index contributed by atoms with van der Waals surface area (Å²) in [5, 5.41) is 6.02. The quantitative estimate of drug-likeness (QED) is 0.762. The molecule has 0 amide bonds. The molecule has 1 fully saturated rings. The van der Waals surface area contributed by atoms with Crippen LogP contribution in [0.15, 0.2) is 42.5 Å². The van der Waals surface area contributed by atoms with Gasteiger partial charge in [0.1, 0.15) is 0 Å². The van der Waals surface area contributed by atoms with Gasteiger partial charge in [-0.25, -0.2) is 0 Å². The molecule has 24 heavy (non-hydrogen) atoms. The molecule has 0 bridgehead atoms. The average molecular weight is 356 g/mol. The third kappa shape index (κ3) is 4.96. The second kappa shape index (κ2) is 9.42. The molecule has 1 heterocycles. The Morgan fingerprint density at radius 2 is 1.92 bits per heavy atom. The van der Waals surface area contributed by atoms with Crippen LogP contribution in [0.3, 0.4) is 0 Å². The summed E-state index contributed by atoms with van der Waals surface area (Å²) in [6.07, 6.45) is 4.55. The Hall–Kier alpha value is -1.08. The first kappa shape index (κ1) is 17.7. The average Bonchev–Trinajstić information content (AvgIpc) is 2.65. The van der Waals surface area contributed by atoms with Gasteiger partial charge >= 0.3 is 0 Å². The first-order valence-electron chi connectivity index (χ1n) is 8.72. The minimum absolute atomic E-state index is 0.225. The van der Waals surface area contributed by atoms with Gasteiger partial charge in [-0.2, -0.15) is 0 Å². The topological polar surface area (TPSA) is 12.0 Å². The van der Waals surface area contributed by atoms with Crippen molar-refractivity contribution >= 4 is 34.3 Å². The highest BCUT2D eigenvalue weighted by atomic mass is 32.2. The van der Waals surface area contributed by atoms with Gasteiger partial charge in [0.2, 0.25) is 0 Å². The molecular weight excluding hydrogens is 330 g/mol. The van der Waals surface area contributed by atoms with E-state index in [1.54, 1.807) is 0 Å². The summed E-state index contributed by atoms with van der Waals surface area (Å²) >= 11 is 4.22. The van der Waals surface area contributed by atoms with Crippen molar-refractivity contribution in [1.29, 1.82) is 0 Å². The molecule has 2 aromatic rings. The number of hydrogen-bond acceptors (Lipinski definition) is 3. The Balaban J connectivity index is 1.59. The van der Waals surface area contributed by atoms with Crippen LogP contribution in [0.2, 0.25) is 0 Å². The summed E-state index contributed by atoms with van der Waals surface area (Å²) in [7, 11) is 2.01. The zero-order chi connectivity index (χ0) is 16.6. The van der Waals surface area contributed by atoms with Crippen molar-refractivity contribution in [2.24, 2.45) is 0 Å². The summed E-state index contributed by atoms with van der Waals surface area (Å²) in [5.74, 6) is 9.50. The second-order valence-corrected chi connectivity index (χ2v) is 8.99. The van der Waals surface area contributed by atoms with Gasteiger partial charge < -0.3 is 5.32 Å². The van der Waals surface area contributed by atoms with Gasteiger partial charge in [0.05, 0.1) is 10.6 Å². The first-order valence-corrected chi connectivity index (χ1v) is 10.8. The molecule has 0 aliphatic carbocycles. The number of hydrogen-bond donors (Lipinski definition) is 1. The van der Waals surface area contributed by atoms with Gasteiger partial charge in [0.15, 0.2) is 0 Å². The van der Waals surface area contributed by atoms with Crippen LogP contribution >= 0.6 is 23.5 Å². The molecule has 1 unspecified atom stereocenters. The fraction of sp³-hybridized carbons (Fsp3) is 0.429. The van der Waals surface area contributed by atoms with Crippen LogP contribution in [-0.2, 0) is 6.42 Å². The van der Waals surface area contributed by atoms with E-state index in [4.69, 9.17) is 0 Å². The molecule has 126 valence electrons. The predicted molar refractivity (Wildman–Crippen MR) is 111 cm³/mol. The van der Waals surface area contributed by atoms with Crippen molar-refractivity contribution in [3.63, 3.8) is 0 Å². The highest BCUT2D eigenvalue weighted by Gasteiger charge is 2.13. The van der Waals surface area contributed by atoms with Crippen LogP contribution in [0.4, 0.5) is 0 Å². The van der Waals surface area contributed by atoms with E-state index in [1.807, 2.05) is 7.05 Å². The van der Waals surface area contributed by atoms with Gasteiger partial charge in [0.25, 0.3) is 0 Å². The van der Waals surface area contributed by atoms with E-state index >= 15 is 0 Å². The highest BCUT2D eigenvalue weighted by molar-refractivity contribution is 8.17. The van der Waals surface area contributed by atoms with Crippen molar-refractivity contribution < 1.29 is 0 Å². The van der Waals surface area contributed by atoms with Crippen molar-refractivity contribution in [3.05, 3.63) is 48.0 Å². The third-order valence-electron chi connectivity index (χ3n) is 4.33. The van der Waals surface area contributed by atoms with E-state index in [0.717, 1.165) is 17.4 Å². The van der Waals surface area contributed by atoms with E-state index in [9.17, 15) is 0 Å². The molecule has 2 aromatic carbocycles. The zero-order valence-electron chi connectivity index (χ0n) is 14.3. The Bertz CT molecular complexity index is 705. The van der Waals surface area contributed by atoms with Crippen molar-refractivity contribution in [3.8, 4) is 11.8 Å². The number of nitrogens with one attached hydrogen (secondary N) is 1. The minimum Gasteiger partial charge on any atom is -0.306 e. The number of benzene rings is 2. The maximum absolute atomic E-state index is 3.44.